The Balaban J connectivity index is 1.66. The summed E-state index contributed by atoms with van der Waals surface area (Å²) in [5.41, 5.74) is 0. The Hall–Kier alpha value is -1.50. The molecule has 2 aromatic heterocycles. The predicted molar refractivity (Wildman–Crippen MR) is 63.2 cm³/mol. The lowest BCUT2D eigenvalue weighted by Gasteiger charge is -2.38. The fourth-order valence-electron chi connectivity index (χ4n) is 1.77. The minimum atomic E-state index is -0.415. The summed E-state index contributed by atoms with van der Waals surface area (Å²) in [5.74, 6) is 0.149. The molecule has 7 heteroatoms. The lowest BCUT2D eigenvalue weighted by Crippen LogP contribution is -2.48. The van der Waals surface area contributed by atoms with E-state index >= 15 is 0 Å². The molecule has 1 saturated heterocycles. The third-order valence-corrected chi connectivity index (χ3v) is 3.11. The molecule has 0 saturated carbocycles. The van der Waals surface area contributed by atoms with Crippen LogP contribution in [0.15, 0.2) is 29.3 Å². The maximum absolute atomic E-state index is 12.7. The molecule has 3 rings (SSSR count). The van der Waals surface area contributed by atoms with Gasteiger partial charge in [0.15, 0.2) is 5.82 Å². The first-order valence-electron chi connectivity index (χ1n) is 5.14. The summed E-state index contributed by atoms with van der Waals surface area (Å²) < 4.78 is 15.5. The summed E-state index contributed by atoms with van der Waals surface area (Å²) in [6, 6.07) is 0.329. The molecule has 0 aromatic carbocycles. The van der Waals surface area contributed by atoms with Gasteiger partial charge >= 0.3 is 0 Å². The standard InChI is InChI=1S/C10H9BrFN5/c11-7-1-15-17(4-7)9-5-16(6-9)10-13-2-8(12)3-14-10/h1-4,9H,5-6H2. The molecule has 5 nitrogen and oxygen atoms in total. The van der Waals surface area contributed by atoms with Crippen molar-refractivity contribution in [2.24, 2.45) is 0 Å². The summed E-state index contributed by atoms with van der Waals surface area (Å²) in [4.78, 5) is 9.85. The van der Waals surface area contributed by atoms with Gasteiger partial charge in [-0.3, -0.25) is 4.68 Å². The van der Waals surface area contributed by atoms with Crippen molar-refractivity contribution in [2.75, 3.05) is 18.0 Å². The number of anilines is 1. The Bertz CT molecular complexity index is 520. The fourth-order valence-corrected chi connectivity index (χ4v) is 2.07. The molecule has 1 aliphatic heterocycles. The Morgan fingerprint density at radius 2 is 1.94 bits per heavy atom. The van der Waals surface area contributed by atoms with Gasteiger partial charge in [0.2, 0.25) is 5.95 Å². The molecule has 3 heterocycles. The topological polar surface area (TPSA) is 46.8 Å². The molecule has 0 N–H and O–H groups in total. The van der Waals surface area contributed by atoms with Gasteiger partial charge < -0.3 is 4.90 Å². The molecule has 88 valence electrons. The monoisotopic (exact) mass is 297 g/mol. The van der Waals surface area contributed by atoms with Crippen LogP contribution in [0.3, 0.4) is 0 Å². The minimum Gasteiger partial charge on any atom is -0.336 e. The van der Waals surface area contributed by atoms with Gasteiger partial charge in [0, 0.05) is 19.3 Å². The Labute approximate surface area is 105 Å². The number of hydrogen-bond acceptors (Lipinski definition) is 4. The van der Waals surface area contributed by atoms with Crippen LogP contribution in [0, 0.1) is 5.82 Å². The van der Waals surface area contributed by atoms with E-state index in [-0.39, 0.29) is 0 Å². The molecule has 0 bridgehead atoms. The molecule has 0 aliphatic carbocycles. The van der Waals surface area contributed by atoms with Gasteiger partial charge in [-0.1, -0.05) is 0 Å². The summed E-state index contributed by atoms with van der Waals surface area (Å²) >= 11 is 3.36. The minimum absolute atomic E-state index is 0.329. The van der Waals surface area contributed by atoms with E-state index < -0.39 is 5.82 Å². The first-order valence-corrected chi connectivity index (χ1v) is 5.94. The van der Waals surface area contributed by atoms with Crippen LogP contribution in [-0.4, -0.2) is 32.8 Å². The average Bonchev–Trinajstić information content (AvgIpc) is 2.66. The van der Waals surface area contributed by atoms with Crippen molar-refractivity contribution in [1.29, 1.82) is 0 Å². The van der Waals surface area contributed by atoms with Gasteiger partial charge in [0.05, 0.1) is 29.1 Å². The SMILES string of the molecule is Fc1cnc(N2CC(n3cc(Br)cn3)C2)nc1. The second-order valence-corrected chi connectivity index (χ2v) is 4.81. The average molecular weight is 298 g/mol. The van der Waals surface area contributed by atoms with Crippen LogP contribution in [0.25, 0.3) is 0 Å². The van der Waals surface area contributed by atoms with Gasteiger partial charge in [-0.25, -0.2) is 14.4 Å². The van der Waals surface area contributed by atoms with Crippen LogP contribution in [0.5, 0.6) is 0 Å². The molecule has 1 aliphatic rings. The molecule has 0 atom stereocenters. The zero-order chi connectivity index (χ0) is 11.8. The van der Waals surface area contributed by atoms with E-state index in [0.717, 1.165) is 17.6 Å². The van der Waals surface area contributed by atoms with Crippen molar-refractivity contribution >= 4 is 21.9 Å². The highest BCUT2D eigenvalue weighted by Crippen LogP contribution is 2.25. The third-order valence-electron chi connectivity index (χ3n) is 2.70. The zero-order valence-electron chi connectivity index (χ0n) is 8.79. The van der Waals surface area contributed by atoms with Crippen molar-refractivity contribution in [3.63, 3.8) is 0 Å². The van der Waals surface area contributed by atoms with Crippen LogP contribution in [0.1, 0.15) is 6.04 Å². The largest absolute Gasteiger partial charge is 0.336 e. The van der Waals surface area contributed by atoms with E-state index in [2.05, 4.69) is 31.0 Å². The van der Waals surface area contributed by atoms with E-state index in [4.69, 9.17) is 0 Å². The second-order valence-electron chi connectivity index (χ2n) is 3.90. The molecular formula is C10H9BrFN5. The van der Waals surface area contributed by atoms with Crippen molar-refractivity contribution < 1.29 is 4.39 Å². The first-order chi connectivity index (χ1) is 8.22. The lowest BCUT2D eigenvalue weighted by molar-refractivity contribution is 0.363. The smallest absolute Gasteiger partial charge is 0.225 e. The highest BCUT2D eigenvalue weighted by atomic mass is 79.9. The number of hydrogen-bond donors (Lipinski definition) is 0. The van der Waals surface area contributed by atoms with E-state index in [1.807, 2.05) is 15.8 Å². The molecule has 2 aromatic rings. The molecule has 0 amide bonds. The Morgan fingerprint density at radius 3 is 2.53 bits per heavy atom. The first kappa shape index (κ1) is 10.6. The Kier molecular flexibility index (Phi) is 2.54. The van der Waals surface area contributed by atoms with Gasteiger partial charge in [-0.2, -0.15) is 5.10 Å². The van der Waals surface area contributed by atoms with Crippen LogP contribution in [-0.2, 0) is 0 Å². The van der Waals surface area contributed by atoms with Gasteiger partial charge in [-0.05, 0) is 15.9 Å². The highest BCUT2D eigenvalue weighted by Gasteiger charge is 2.30. The van der Waals surface area contributed by atoms with E-state index in [1.165, 1.54) is 12.4 Å². The van der Waals surface area contributed by atoms with Gasteiger partial charge in [-0.15, -0.1) is 0 Å². The van der Waals surface area contributed by atoms with Crippen LogP contribution >= 0.6 is 15.9 Å². The van der Waals surface area contributed by atoms with E-state index in [0.29, 0.717) is 12.0 Å². The van der Waals surface area contributed by atoms with Crippen LogP contribution in [0.2, 0.25) is 0 Å². The second kappa shape index (κ2) is 4.06. The van der Waals surface area contributed by atoms with Crippen LogP contribution < -0.4 is 4.90 Å². The quantitative estimate of drug-likeness (QED) is 0.845. The zero-order valence-corrected chi connectivity index (χ0v) is 10.4. The lowest BCUT2D eigenvalue weighted by atomic mass is 10.1. The molecule has 0 spiro atoms. The molecule has 1 fully saturated rings. The maximum Gasteiger partial charge on any atom is 0.225 e. The molecular weight excluding hydrogens is 289 g/mol. The summed E-state index contributed by atoms with van der Waals surface area (Å²) in [7, 11) is 0. The van der Waals surface area contributed by atoms with E-state index in [9.17, 15) is 4.39 Å². The molecule has 0 unspecified atom stereocenters. The van der Waals surface area contributed by atoms with Crippen molar-refractivity contribution in [3.05, 3.63) is 35.1 Å². The molecule has 0 radical (unpaired) electrons. The summed E-state index contributed by atoms with van der Waals surface area (Å²) in [6.45, 7) is 1.58. The van der Waals surface area contributed by atoms with E-state index in [1.54, 1.807) is 6.20 Å². The summed E-state index contributed by atoms with van der Waals surface area (Å²) in [6.07, 6.45) is 6.06. The summed E-state index contributed by atoms with van der Waals surface area (Å²) in [5, 5.41) is 4.22. The highest BCUT2D eigenvalue weighted by molar-refractivity contribution is 9.10. The maximum atomic E-state index is 12.7. The number of halogens is 2. The Morgan fingerprint density at radius 1 is 1.24 bits per heavy atom. The number of rotatable bonds is 2. The van der Waals surface area contributed by atoms with Crippen molar-refractivity contribution in [3.8, 4) is 0 Å². The fraction of sp³-hybridized carbons (Fsp3) is 0.300. The molecule has 17 heavy (non-hydrogen) atoms. The van der Waals surface area contributed by atoms with Crippen LogP contribution in [0.4, 0.5) is 10.3 Å². The van der Waals surface area contributed by atoms with Crippen molar-refractivity contribution in [2.45, 2.75) is 6.04 Å². The normalized spacial score (nSPS) is 16.0. The van der Waals surface area contributed by atoms with Crippen molar-refractivity contribution in [1.82, 2.24) is 19.7 Å². The van der Waals surface area contributed by atoms with Gasteiger partial charge in [0.25, 0.3) is 0 Å². The number of aromatic nitrogens is 4. The number of nitrogens with zero attached hydrogens (tertiary/aromatic N) is 5. The predicted octanol–water partition coefficient (Wildman–Crippen LogP) is 1.64. The third kappa shape index (κ3) is 2.02. The van der Waals surface area contributed by atoms with Gasteiger partial charge in [0.1, 0.15) is 0 Å².